The van der Waals surface area contributed by atoms with Crippen LogP contribution in [0, 0.1) is 4.84 Å². The number of thiophene rings is 1. The average Bonchev–Trinajstić information content (AvgIpc) is 3.27. The average molecular weight is 360 g/mol. The summed E-state index contributed by atoms with van der Waals surface area (Å²) in [5, 5.41) is 6.50. The number of hydrogen-bond donors (Lipinski definition) is 0. The minimum absolute atomic E-state index is 0.412. The molecule has 0 N–H and O–H groups in total. The van der Waals surface area contributed by atoms with Gasteiger partial charge in [0.1, 0.15) is 5.82 Å². The van der Waals surface area contributed by atoms with Crippen LogP contribution in [0.15, 0.2) is 40.5 Å². The van der Waals surface area contributed by atoms with Gasteiger partial charge < -0.3 is 9.32 Å². The Labute approximate surface area is 148 Å². The predicted octanol–water partition coefficient (Wildman–Crippen LogP) is 2.50. The molecule has 0 saturated carbocycles. The number of anilines is 1. The van der Waals surface area contributed by atoms with Crippen molar-refractivity contribution in [3.05, 3.63) is 40.9 Å². The van der Waals surface area contributed by atoms with Gasteiger partial charge in [0.15, 0.2) is 0 Å². The molecule has 24 heavy (non-hydrogen) atoms. The number of piperazine rings is 1. The third-order valence-electron chi connectivity index (χ3n) is 3.92. The molecule has 9 heteroatoms. The standard InChI is InChI=1S/C15H16N6OS2/c23-15-21(18-14(22-15)12-2-1-9-24-12)11-19-5-7-20(8-6-19)13-10-16-3-4-17-13/h1-4,9-10H,5-8,11H2. The fourth-order valence-corrected chi connectivity index (χ4v) is 3.48. The third kappa shape index (κ3) is 3.23. The minimum atomic E-state index is 0.412. The largest absolute Gasteiger partial charge is 0.408 e. The maximum absolute atomic E-state index is 5.61. The Bertz CT molecular complexity index is 836. The van der Waals surface area contributed by atoms with Crippen LogP contribution in [-0.2, 0) is 6.67 Å². The van der Waals surface area contributed by atoms with Crippen molar-refractivity contribution in [1.29, 1.82) is 0 Å². The zero-order valence-corrected chi connectivity index (χ0v) is 14.5. The molecule has 4 rings (SSSR count). The van der Waals surface area contributed by atoms with Crippen molar-refractivity contribution in [3.8, 4) is 10.8 Å². The molecule has 1 aliphatic heterocycles. The molecular weight excluding hydrogens is 344 g/mol. The predicted molar refractivity (Wildman–Crippen MR) is 94.5 cm³/mol. The molecule has 0 amide bonds. The van der Waals surface area contributed by atoms with E-state index in [9.17, 15) is 0 Å². The second-order valence-electron chi connectivity index (χ2n) is 5.46. The fraction of sp³-hybridized carbons (Fsp3) is 0.333. The summed E-state index contributed by atoms with van der Waals surface area (Å²) in [4.78, 5) is 14.4. The summed E-state index contributed by atoms with van der Waals surface area (Å²) >= 11 is 6.89. The molecular formula is C15H16N6OS2. The Morgan fingerprint density at radius 1 is 1.21 bits per heavy atom. The summed E-state index contributed by atoms with van der Waals surface area (Å²) in [6.07, 6.45) is 5.22. The second kappa shape index (κ2) is 6.80. The van der Waals surface area contributed by atoms with Gasteiger partial charge in [0.25, 0.3) is 10.7 Å². The number of rotatable bonds is 4. The van der Waals surface area contributed by atoms with Crippen LogP contribution in [0.4, 0.5) is 5.82 Å². The van der Waals surface area contributed by atoms with E-state index < -0.39 is 0 Å². The van der Waals surface area contributed by atoms with E-state index in [1.165, 1.54) is 0 Å². The van der Waals surface area contributed by atoms with E-state index in [0.29, 0.717) is 17.4 Å². The van der Waals surface area contributed by atoms with Crippen LogP contribution in [0.2, 0.25) is 0 Å². The van der Waals surface area contributed by atoms with Crippen LogP contribution in [0.1, 0.15) is 0 Å². The van der Waals surface area contributed by atoms with Crippen molar-refractivity contribution in [3.63, 3.8) is 0 Å². The molecule has 1 saturated heterocycles. The van der Waals surface area contributed by atoms with Gasteiger partial charge in [-0.3, -0.25) is 9.88 Å². The van der Waals surface area contributed by atoms with Gasteiger partial charge in [-0.1, -0.05) is 6.07 Å². The topological polar surface area (TPSA) is 63.2 Å². The highest BCUT2D eigenvalue weighted by molar-refractivity contribution is 7.71. The van der Waals surface area contributed by atoms with Gasteiger partial charge in [0.2, 0.25) is 0 Å². The highest BCUT2D eigenvalue weighted by Crippen LogP contribution is 2.23. The van der Waals surface area contributed by atoms with E-state index in [1.54, 1.807) is 34.6 Å². The zero-order chi connectivity index (χ0) is 16.4. The normalized spacial score (nSPS) is 15.8. The number of hydrogen-bond acceptors (Lipinski definition) is 8. The lowest BCUT2D eigenvalue weighted by Crippen LogP contribution is -2.47. The van der Waals surface area contributed by atoms with Gasteiger partial charge >= 0.3 is 0 Å². The maximum Gasteiger partial charge on any atom is 0.288 e. The third-order valence-corrected chi connectivity index (χ3v) is 5.07. The number of nitrogens with zero attached hydrogens (tertiary/aromatic N) is 6. The summed E-state index contributed by atoms with van der Waals surface area (Å²) in [5.41, 5.74) is 0. The van der Waals surface area contributed by atoms with Crippen LogP contribution in [0.25, 0.3) is 10.8 Å². The summed E-state index contributed by atoms with van der Waals surface area (Å²) in [6, 6.07) is 3.96. The quantitative estimate of drug-likeness (QED) is 0.662. The van der Waals surface area contributed by atoms with E-state index in [2.05, 4.69) is 24.9 Å². The van der Waals surface area contributed by atoms with Crippen molar-refractivity contribution in [2.24, 2.45) is 0 Å². The first kappa shape index (κ1) is 15.4. The van der Waals surface area contributed by atoms with Crippen molar-refractivity contribution in [2.45, 2.75) is 6.67 Å². The van der Waals surface area contributed by atoms with Gasteiger partial charge in [-0.2, -0.15) is 0 Å². The molecule has 124 valence electrons. The van der Waals surface area contributed by atoms with Crippen LogP contribution in [-0.4, -0.2) is 50.8 Å². The Balaban J connectivity index is 1.40. The molecule has 0 radical (unpaired) electrons. The molecule has 4 heterocycles. The zero-order valence-electron chi connectivity index (χ0n) is 12.9. The molecule has 7 nitrogen and oxygen atoms in total. The van der Waals surface area contributed by atoms with Crippen molar-refractivity contribution >= 4 is 29.4 Å². The van der Waals surface area contributed by atoms with Crippen LogP contribution in [0.3, 0.4) is 0 Å². The van der Waals surface area contributed by atoms with E-state index in [4.69, 9.17) is 16.6 Å². The second-order valence-corrected chi connectivity index (χ2v) is 6.76. The Morgan fingerprint density at radius 3 is 2.79 bits per heavy atom. The number of aromatic nitrogens is 4. The van der Waals surface area contributed by atoms with Gasteiger partial charge in [-0.25, -0.2) is 9.67 Å². The van der Waals surface area contributed by atoms with Crippen LogP contribution in [0.5, 0.6) is 0 Å². The minimum Gasteiger partial charge on any atom is -0.408 e. The van der Waals surface area contributed by atoms with E-state index >= 15 is 0 Å². The van der Waals surface area contributed by atoms with E-state index in [-0.39, 0.29) is 0 Å². The lowest BCUT2D eigenvalue weighted by Gasteiger charge is -2.34. The molecule has 3 aromatic heterocycles. The molecule has 0 bridgehead atoms. The first-order chi connectivity index (χ1) is 11.8. The summed E-state index contributed by atoms with van der Waals surface area (Å²) in [5.74, 6) is 1.52. The Hall–Kier alpha value is -2.10. The molecule has 3 aromatic rings. The van der Waals surface area contributed by atoms with E-state index in [0.717, 1.165) is 36.9 Å². The lowest BCUT2D eigenvalue weighted by molar-refractivity contribution is 0.192. The molecule has 0 spiro atoms. The SMILES string of the molecule is S=c1oc(-c2cccs2)nn1CN1CCN(c2cnccn2)CC1. The van der Waals surface area contributed by atoms with Crippen molar-refractivity contribution in [1.82, 2.24) is 24.6 Å². The lowest BCUT2D eigenvalue weighted by atomic mass is 10.3. The van der Waals surface area contributed by atoms with Gasteiger partial charge in [0.05, 0.1) is 17.7 Å². The molecule has 0 aliphatic carbocycles. The Morgan fingerprint density at radius 2 is 2.08 bits per heavy atom. The summed E-state index contributed by atoms with van der Waals surface area (Å²) in [6.45, 7) is 4.28. The highest BCUT2D eigenvalue weighted by atomic mass is 32.1. The smallest absolute Gasteiger partial charge is 0.288 e. The maximum atomic E-state index is 5.61. The highest BCUT2D eigenvalue weighted by Gasteiger charge is 2.19. The first-order valence-electron chi connectivity index (χ1n) is 7.65. The molecule has 0 aromatic carbocycles. The van der Waals surface area contributed by atoms with Crippen LogP contribution < -0.4 is 4.90 Å². The van der Waals surface area contributed by atoms with Gasteiger partial charge in [0, 0.05) is 38.6 Å². The first-order valence-corrected chi connectivity index (χ1v) is 8.93. The Kier molecular flexibility index (Phi) is 4.37. The monoisotopic (exact) mass is 360 g/mol. The molecule has 1 aliphatic rings. The summed E-state index contributed by atoms with van der Waals surface area (Å²) < 4.78 is 7.37. The molecule has 1 fully saturated rings. The van der Waals surface area contributed by atoms with Crippen molar-refractivity contribution in [2.75, 3.05) is 31.1 Å². The molecule has 0 atom stereocenters. The van der Waals surface area contributed by atoms with Gasteiger partial charge in [-0.15, -0.1) is 16.4 Å². The van der Waals surface area contributed by atoms with Gasteiger partial charge in [-0.05, 0) is 23.7 Å². The summed E-state index contributed by atoms with van der Waals surface area (Å²) in [7, 11) is 0. The van der Waals surface area contributed by atoms with Crippen molar-refractivity contribution < 1.29 is 4.42 Å². The molecule has 0 unspecified atom stereocenters. The van der Waals surface area contributed by atoms with E-state index in [1.807, 2.05) is 17.5 Å². The van der Waals surface area contributed by atoms with Crippen LogP contribution >= 0.6 is 23.6 Å². The fourth-order valence-electron chi connectivity index (χ4n) is 2.66.